The van der Waals surface area contributed by atoms with E-state index in [0.29, 0.717) is 0 Å². The van der Waals surface area contributed by atoms with Crippen LogP contribution in [0.5, 0.6) is 0 Å². The third-order valence-corrected chi connectivity index (χ3v) is 3.65. The van der Waals surface area contributed by atoms with Gasteiger partial charge in [0.2, 0.25) is 0 Å². The van der Waals surface area contributed by atoms with Crippen LogP contribution in [0.2, 0.25) is 0 Å². The second-order valence-electron chi connectivity index (χ2n) is 3.95. The molecule has 1 atom stereocenters. The van der Waals surface area contributed by atoms with E-state index in [0.717, 1.165) is 37.4 Å². The lowest BCUT2D eigenvalue weighted by atomic mass is 10.2. The average molecular weight is 239 g/mol. The van der Waals surface area contributed by atoms with Crippen LogP contribution >= 0.6 is 11.3 Å². The number of hydrogen-bond donors (Lipinski definition) is 1. The number of nitrogens with one attached hydrogen (secondary N) is 1. The number of carbonyl (C=O) groups is 1. The molecular weight excluding hydrogens is 222 g/mol. The molecule has 1 aliphatic rings. The Labute approximate surface area is 99.7 Å². The van der Waals surface area contributed by atoms with Gasteiger partial charge in [-0.2, -0.15) is 0 Å². The van der Waals surface area contributed by atoms with Gasteiger partial charge in [-0.15, -0.1) is 11.3 Å². The highest BCUT2D eigenvalue weighted by Crippen LogP contribution is 2.32. The predicted octanol–water partition coefficient (Wildman–Crippen LogP) is 2.40. The number of hydrogen-bond acceptors (Lipinski definition) is 3. The molecule has 0 aliphatic carbocycles. The Bertz CT molecular complexity index is 339. The van der Waals surface area contributed by atoms with Crippen LogP contribution in [-0.4, -0.2) is 29.0 Å². The molecule has 0 radical (unpaired) electrons. The SMILES string of the molecule is CCCNC(=O)N1CCCC1c1nccs1. The van der Waals surface area contributed by atoms with Crippen molar-refractivity contribution in [2.75, 3.05) is 13.1 Å². The van der Waals surface area contributed by atoms with Gasteiger partial charge in [0.05, 0.1) is 6.04 Å². The highest BCUT2D eigenvalue weighted by atomic mass is 32.1. The summed E-state index contributed by atoms with van der Waals surface area (Å²) in [6.45, 7) is 3.66. The molecule has 2 heterocycles. The molecule has 1 fully saturated rings. The average Bonchev–Trinajstić information content (AvgIpc) is 2.94. The van der Waals surface area contributed by atoms with Crippen molar-refractivity contribution in [3.63, 3.8) is 0 Å². The van der Waals surface area contributed by atoms with Crippen LogP contribution in [-0.2, 0) is 0 Å². The van der Waals surface area contributed by atoms with E-state index in [1.165, 1.54) is 0 Å². The summed E-state index contributed by atoms with van der Waals surface area (Å²) in [5, 5.41) is 5.96. The zero-order valence-electron chi connectivity index (χ0n) is 9.48. The van der Waals surface area contributed by atoms with E-state index in [2.05, 4.69) is 17.2 Å². The molecule has 88 valence electrons. The molecule has 1 N–H and O–H groups in total. The number of urea groups is 1. The Hall–Kier alpha value is -1.10. The summed E-state index contributed by atoms with van der Waals surface area (Å²) in [4.78, 5) is 18.1. The van der Waals surface area contributed by atoms with Crippen molar-refractivity contribution in [1.29, 1.82) is 0 Å². The minimum absolute atomic E-state index is 0.0551. The van der Waals surface area contributed by atoms with Gasteiger partial charge in [0, 0.05) is 24.7 Å². The molecule has 5 heteroatoms. The number of nitrogens with zero attached hydrogens (tertiary/aromatic N) is 2. The zero-order chi connectivity index (χ0) is 11.4. The van der Waals surface area contributed by atoms with Crippen molar-refractivity contribution in [2.45, 2.75) is 32.2 Å². The fourth-order valence-electron chi connectivity index (χ4n) is 2.00. The first kappa shape index (κ1) is 11.4. The van der Waals surface area contributed by atoms with E-state index in [9.17, 15) is 4.79 Å². The molecule has 2 amide bonds. The Morgan fingerprint density at radius 3 is 3.31 bits per heavy atom. The van der Waals surface area contributed by atoms with E-state index in [1.54, 1.807) is 17.5 Å². The first-order valence-corrected chi connectivity index (χ1v) is 6.64. The summed E-state index contributed by atoms with van der Waals surface area (Å²) >= 11 is 1.63. The maximum absolute atomic E-state index is 11.9. The summed E-state index contributed by atoms with van der Waals surface area (Å²) in [5.41, 5.74) is 0. The molecule has 0 aromatic carbocycles. The van der Waals surface area contributed by atoms with Gasteiger partial charge in [0.15, 0.2) is 0 Å². The van der Waals surface area contributed by atoms with E-state index in [4.69, 9.17) is 0 Å². The van der Waals surface area contributed by atoms with Gasteiger partial charge < -0.3 is 10.2 Å². The first-order chi connectivity index (χ1) is 7.83. The fourth-order valence-corrected chi connectivity index (χ4v) is 2.78. The van der Waals surface area contributed by atoms with Crippen LogP contribution in [0.4, 0.5) is 4.79 Å². The van der Waals surface area contributed by atoms with Crippen molar-refractivity contribution in [1.82, 2.24) is 15.2 Å². The van der Waals surface area contributed by atoms with E-state index >= 15 is 0 Å². The van der Waals surface area contributed by atoms with Gasteiger partial charge in [0.25, 0.3) is 0 Å². The highest BCUT2D eigenvalue weighted by Gasteiger charge is 2.31. The van der Waals surface area contributed by atoms with E-state index < -0.39 is 0 Å². The summed E-state index contributed by atoms with van der Waals surface area (Å²) < 4.78 is 0. The van der Waals surface area contributed by atoms with E-state index in [1.807, 2.05) is 10.3 Å². The van der Waals surface area contributed by atoms with Gasteiger partial charge in [-0.3, -0.25) is 0 Å². The minimum atomic E-state index is 0.0551. The number of rotatable bonds is 3. The van der Waals surface area contributed by atoms with Crippen LogP contribution in [0, 0.1) is 0 Å². The number of aromatic nitrogens is 1. The lowest BCUT2D eigenvalue weighted by molar-refractivity contribution is 0.193. The summed E-state index contributed by atoms with van der Waals surface area (Å²) in [7, 11) is 0. The van der Waals surface area contributed by atoms with Gasteiger partial charge in [0.1, 0.15) is 5.01 Å². The van der Waals surface area contributed by atoms with Crippen LogP contribution in [0.1, 0.15) is 37.2 Å². The molecule has 2 rings (SSSR count). The van der Waals surface area contributed by atoms with Crippen LogP contribution in [0.15, 0.2) is 11.6 Å². The molecule has 0 saturated carbocycles. The number of carbonyl (C=O) groups excluding carboxylic acids is 1. The standard InChI is InChI=1S/C11H17N3OS/c1-2-5-13-11(15)14-7-3-4-9(14)10-12-6-8-16-10/h6,8-9H,2-5,7H2,1H3,(H,13,15). The monoisotopic (exact) mass is 239 g/mol. The third-order valence-electron chi connectivity index (χ3n) is 2.78. The second-order valence-corrected chi connectivity index (χ2v) is 4.88. The minimum Gasteiger partial charge on any atom is -0.338 e. The molecule has 0 spiro atoms. The quantitative estimate of drug-likeness (QED) is 0.880. The van der Waals surface area contributed by atoms with Gasteiger partial charge in [-0.25, -0.2) is 9.78 Å². The van der Waals surface area contributed by atoms with Crippen LogP contribution in [0.25, 0.3) is 0 Å². The Balaban J connectivity index is 2.01. The van der Waals surface area contributed by atoms with Crippen molar-refractivity contribution >= 4 is 17.4 Å². The molecule has 1 saturated heterocycles. The number of likely N-dealkylation sites (tertiary alicyclic amines) is 1. The number of amides is 2. The smallest absolute Gasteiger partial charge is 0.317 e. The molecule has 0 bridgehead atoms. The maximum Gasteiger partial charge on any atom is 0.317 e. The van der Waals surface area contributed by atoms with Crippen LogP contribution < -0.4 is 5.32 Å². The normalized spacial score (nSPS) is 20.1. The Morgan fingerprint density at radius 2 is 2.62 bits per heavy atom. The summed E-state index contributed by atoms with van der Waals surface area (Å²) in [6.07, 6.45) is 4.89. The largest absolute Gasteiger partial charge is 0.338 e. The Morgan fingerprint density at radius 1 is 1.75 bits per heavy atom. The molecule has 1 aromatic heterocycles. The summed E-state index contributed by atoms with van der Waals surface area (Å²) in [6, 6.07) is 0.247. The van der Waals surface area contributed by atoms with E-state index in [-0.39, 0.29) is 12.1 Å². The zero-order valence-corrected chi connectivity index (χ0v) is 10.3. The highest BCUT2D eigenvalue weighted by molar-refractivity contribution is 7.09. The van der Waals surface area contributed by atoms with Crippen molar-refractivity contribution in [3.05, 3.63) is 16.6 Å². The molecular formula is C11H17N3OS. The van der Waals surface area contributed by atoms with Crippen LogP contribution in [0.3, 0.4) is 0 Å². The van der Waals surface area contributed by atoms with Gasteiger partial charge >= 0.3 is 6.03 Å². The number of thiazole rings is 1. The maximum atomic E-state index is 11.9. The summed E-state index contributed by atoms with van der Waals surface area (Å²) in [5.74, 6) is 0. The lowest BCUT2D eigenvalue weighted by Gasteiger charge is -2.23. The van der Waals surface area contributed by atoms with Gasteiger partial charge in [-0.05, 0) is 19.3 Å². The second kappa shape index (κ2) is 5.30. The molecule has 1 aliphatic heterocycles. The topological polar surface area (TPSA) is 45.2 Å². The van der Waals surface area contributed by atoms with Gasteiger partial charge in [-0.1, -0.05) is 6.92 Å². The van der Waals surface area contributed by atoms with Crippen molar-refractivity contribution in [3.8, 4) is 0 Å². The lowest BCUT2D eigenvalue weighted by Crippen LogP contribution is -2.39. The Kier molecular flexibility index (Phi) is 3.77. The molecule has 4 nitrogen and oxygen atoms in total. The predicted molar refractivity (Wildman–Crippen MR) is 64.5 cm³/mol. The van der Waals surface area contributed by atoms with Crippen molar-refractivity contribution in [2.24, 2.45) is 0 Å². The molecule has 16 heavy (non-hydrogen) atoms. The first-order valence-electron chi connectivity index (χ1n) is 5.76. The third kappa shape index (κ3) is 2.35. The van der Waals surface area contributed by atoms with Crippen molar-refractivity contribution < 1.29 is 4.79 Å². The molecule has 1 aromatic rings. The fraction of sp³-hybridized carbons (Fsp3) is 0.636. The molecule has 1 unspecified atom stereocenters.